The van der Waals surface area contributed by atoms with Gasteiger partial charge >= 0.3 is 0 Å². The lowest BCUT2D eigenvalue weighted by molar-refractivity contribution is 0.0269. The zero-order valence-electron chi connectivity index (χ0n) is 13.4. The van der Waals surface area contributed by atoms with Crippen LogP contribution in [0.4, 0.5) is 5.13 Å². The Morgan fingerprint density at radius 3 is 2.87 bits per heavy atom. The van der Waals surface area contributed by atoms with Gasteiger partial charge in [-0.15, -0.1) is 5.10 Å². The summed E-state index contributed by atoms with van der Waals surface area (Å²) in [5.74, 6) is 1.72. The number of imidazole rings is 1. The molecule has 23 heavy (non-hydrogen) atoms. The van der Waals surface area contributed by atoms with Crippen LogP contribution >= 0.6 is 11.3 Å². The van der Waals surface area contributed by atoms with Gasteiger partial charge in [0.1, 0.15) is 11.6 Å². The second-order valence-electron chi connectivity index (χ2n) is 5.82. The summed E-state index contributed by atoms with van der Waals surface area (Å²) in [6.07, 6.45) is 2.04. The summed E-state index contributed by atoms with van der Waals surface area (Å²) in [7, 11) is 0. The first-order chi connectivity index (χ1) is 11.1. The molecule has 1 saturated heterocycles. The van der Waals surface area contributed by atoms with Crippen molar-refractivity contribution < 1.29 is 4.74 Å². The summed E-state index contributed by atoms with van der Waals surface area (Å²) < 4.78 is 9.67. The van der Waals surface area contributed by atoms with E-state index in [9.17, 15) is 0 Å². The van der Waals surface area contributed by atoms with Crippen LogP contribution in [0.5, 0.6) is 0 Å². The quantitative estimate of drug-likeness (QED) is 0.717. The van der Waals surface area contributed by atoms with Gasteiger partial charge in [0.05, 0.1) is 31.1 Å². The molecule has 1 aliphatic rings. The Labute approximate surface area is 137 Å². The third-order valence-corrected chi connectivity index (χ3v) is 4.88. The Bertz CT molecular complexity index is 804. The van der Waals surface area contributed by atoms with E-state index in [1.807, 2.05) is 36.2 Å². The molecule has 4 rings (SSSR count). The average molecular weight is 333 g/mol. The second kappa shape index (κ2) is 5.57. The predicted octanol–water partition coefficient (Wildman–Crippen LogP) is 1.21. The molecule has 122 valence electrons. The third-order valence-electron chi connectivity index (χ3n) is 3.90. The van der Waals surface area contributed by atoms with Crippen LogP contribution in [-0.4, -0.2) is 55.2 Å². The molecular formula is C14H19N7OS. The first kappa shape index (κ1) is 14.6. The molecule has 0 aromatic carbocycles. The lowest BCUT2D eigenvalue weighted by atomic mass is 10.3. The zero-order valence-corrected chi connectivity index (χ0v) is 14.2. The fraction of sp³-hybridized carbons (Fsp3) is 0.571. The van der Waals surface area contributed by atoms with Crippen LogP contribution in [0.25, 0.3) is 4.96 Å². The minimum Gasteiger partial charge on any atom is -0.373 e. The number of nitrogens with zero attached hydrogens (tertiary/aromatic N) is 7. The molecule has 0 spiro atoms. The molecule has 1 atom stereocenters. The summed E-state index contributed by atoms with van der Waals surface area (Å²) in [6, 6.07) is 0. The summed E-state index contributed by atoms with van der Waals surface area (Å²) in [5, 5.41) is 10.0. The summed E-state index contributed by atoms with van der Waals surface area (Å²) in [5.41, 5.74) is 0.993. The second-order valence-corrected chi connectivity index (χ2v) is 6.76. The van der Waals surface area contributed by atoms with E-state index in [0.29, 0.717) is 13.2 Å². The monoisotopic (exact) mass is 333 g/mol. The highest BCUT2D eigenvalue weighted by molar-refractivity contribution is 7.20. The van der Waals surface area contributed by atoms with Crippen molar-refractivity contribution in [3.63, 3.8) is 0 Å². The van der Waals surface area contributed by atoms with E-state index in [1.165, 1.54) is 0 Å². The minimum absolute atomic E-state index is 0.0847. The first-order valence-corrected chi connectivity index (χ1v) is 8.47. The van der Waals surface area contributed by atoms with E-state index >= 15 is 0 Å². The molecule has 4 heterocycles. The molecule has 3 aromatic heterocycles. The molecule has 9 heteroatoms. The number of fused-ring (bicyclic) bond motifs is 1. The summed E-state index contributed by atoms with van der Waals surface area (Å²) in [6.45, 7) is 8.91. The van der Waals surface area contributed by atoms with Crippen LogP contribution in [-0.2, 0) is 11.3 Å². The van der Waals surface area contributed by atoms with Crippen molar-refractivity contribution in [2.45, 2.75) is 33.4 Å². The van der Waals surface area contributed by atoms with E-state index < -0.39 is 0 Å². The highest BCUT2D eigenvalue weighted by atomic mass is 32.1. The number of aromatic nitrogens is 6. The van der Waals surface area contributed by atoms with Gasteiger partial charge in [0.25, 0.3) is 0 Å². The van der Waals surface area contributed by atoms with Gasteiger partial charge in [0.2, 0.25) is 10.1 Å². The summed E-state index contributed by atoms with van der Waals surface area (Å²) in [4.78, 5) is 12.0. The number of hydrogen-bond acceptors (Lipinski definition) is 7. The Kier molecular flexibility index (Phi) is 3.53. The minimum atomic E-state index is 0.0847. The maximum atomic E-state index is 5.90. The largest absolute Gasteiger partial charge is 0.373 e. The smallest absolute Gasteiger partial charge is 0.214 e. The molecule has 0 bridgehead atoms. The van der Waals surface area contributed by atoms with Crippen molar-refractivity contribution in [3.8, 4) is 0 Å². The standard InChI is InChI=1S/C14H19N7OS/c1-9-6-21-13(15-9)23-14(18-21)19-4-5-22-12(7-19)8-20-11(3)16-10(2)17-20/h6,12H,4-5,7-8H2,1-3H3/t12-/m0/s1. The van der Waals surface area contributed by atoms with Crippen molar-refractivity contribution in [1.82, 2.24) is 29.4 Å². The fourth-order valence-electron chi connectivity index (χ4n) is 2.86. The molecule has 0 saturated carbocycles. The number of aryl methyl sites for hydroxylation is 3. The molecule has 0 radical (unpaired) electrons. The highest BCUT2D eigenvalue weighted by Gasteiger charge is 2.24. The van der Waals surface area contributed by atoms with Crippen LogP contribution < -0.4 is 4.90 Å². The summed E-state index contributed by atoms with van der Waals surface area (Å²) >= 11 is 1.62. The average Bonchev–Trinajstić information content (AvgIpc) is 3.12. The van der Waals surface area contributed by atoms with Crippen molar-refractivity contribution in [1.29, 1.82) is 0 Å². The van der Waals surface area contributed by atoms with Crippen LogP contribution in [0.1, 0.15) is 17.3 Å². The van der Waals surface area contributed by atoms with E-state index in [2.05, 4.69) is 25.1 Å². The van der Waals surface area contributed by atoms with Crippen molar-refractivity contribution >= 4 is 21.4 Å². The number of ether oxygens (including phenoxy) is 1. The van der Waals surface area contributed by atoms with E-state index in [-0.39, 0.29) is 6.10 Å². The van der Waals surface area contributed by atoms with Gasteiger partial charge < -0.3 is 9.64 Å². The van der Waals surface area contributed by atoms with Gasteiger partial charge in [-0.25, -0.2) is 19.2 Å². The van der Waals surface area contributed by atoms with Crippen LogP contribution in [0.15, 0.2) is 6.20 Å². The maximum Gasteiger partial charge on any atom is 0.214 e. The van der Waals surface area contributed by atoms with Crippen LogP contribution in [0, 0.1) is 20.8 Å². The first-order valence-electron chi connectivity index (χ1n) is 7.66. The van der Waals surface area contributed by atoms with Gasteiger partial charge in [-0.1, -0.05) is 11.3 Å². The van der Waals surface area contributed by atoms with E-state index in [1.54, 1.807) is 11.3 Å². The molecule has 0 amide bonds. The molecule has 8 nitrogen and oxygen atoms in total. The van der Waals surface area contributed by atoms with Gasteiger partial charge in [-0.2, -0.15) is 5.10 Å². The number of rotatable bonds is 3. The molecule has 0 aliphatic carbocycles. The van der Waals surface area contributed by atoms with Gasteiger partial charge in [0.15, 0.2) is 0 Å². The highest BCUT2D eigenvalue weighted by Crippen LogP contribution is 2.25. The van der Waals surface area contributed by atoms with Crippen molar-refractivity contribution in [2.24, 2.45) is 0 Å². The number of anilines is 1. The van der Waals surface area contributed by atoms with Gasteiger partial charge in [-0.05, 0) is 20.8 Å². The normalized spacial score (nSPS) is 18.9. The lowest BCUT2D eigenvalue weighted by Gasteiger charge is -2.32. The molecule has 0 N–H and O–H groups in total. The van der Waals surface area contributed by atoms with Crippen molar-refractivity contribution in [3.05, 3.63) is 23.5 Å². The Hall–Kier alpha value is -2.00. The maximum absolute atomic E-state index is 5.90. The molecular weight excluding hydrogens is 314 g/mol. The Morgan fingerprint density at radius 2 is 2.13 bits per heavy atom. The molecule has 3 aromatic rings. The number of hydrogen-bond donors (Lipinski definition) is 0. The van der Waals surface area contributed by atoms with Crippen LogP contribution in [0.2, 0.25) is 0 Å². The molecule has 0 unspecified atom stereocenters. The Morgan fingerprint density at radius 1 is 1.26 bits per heavy atom. The van der Waals surface area contributed by atoms with E-state index in [4.69, 9.17) is 4.74 Å². The SMILES string of the molecule is Cc1cn2nc(N3CCO[C@H](Cn4nc(C)nc4C)C3)sc2n1. The fourth-order valence-corrected chi connectivity index (χ4v) is 3.82. The van der Waals surface area contributed by atoms with Gasteiger partial charge in [0, 0.05) is 13.1 Å². The zero-order chi connectivity index (χ0) is 16.0. The molecule has 1 aliphatic heterocycles. The van der Waals surface area contributed by atoms with Gasteiger partial charge in [-0.3, -0.25) is 0 Å². The van der Waals surface area contributed by atoms with E-state index in [0.717, 1.165) is 40.5 Å². The predicted molar refractivity (Wildman–Crippen MR) is 87.1 cm³/mol. The van der Waals surface area contributed by atoms with Crippen LogP contribution in [0.3, 0.4) is 0 Å². The lowest BCUT2D eigenvalue weighted by Crippen LogP contribution is -2.44. The van der Waals surface area contributed by atoms with Crippen molar-refractivity contribution in [2.75, 3.05) is 24.6 Å². The Balaban J connectivity index is 1.49. The number of morpholine rings is 1. The third kappa shape index (κ3) is 2.81. The topological polar surface area (TPSA) is 73.4 Å². The molecule has 1 fully saturated rings.